The van der Waals surface area contributed by atoms with E-state index in [2.05, 4.69) is 5.32 Å². The highest BCUT2D eigenvalue weighted by Crippen LogP contribution is 2.14. The summed E-state index contributed by atoms with van der Waals surface area (Å²) >= 11 is 0. The molecule has 0 aliphatic rings. The zero-order valence-corrected chi connectivity index (χ0v) is 12.0. The molecule has 0 fully saturated rings. The molecule has 1 aromatic rings. The minimum absolute atomic E-state index is 0.282. The number of ether oxygens (including phenoxy) is 1. The van der Waals surface area contributed by atoms with Crippen LogP contribution in [0.5, 0.6) is 0 Å². The van der Waals surface area contributed by atoms with Gasteiger partial charge in [0.15, 0.2) is 0 Å². The maximum Gasteiger partial charge on any atom is 0.241 e. The van der Waals surface area contributed by atoms with Crippen molar-refractivity contribution in [3.8, 4) is 6.07 Å². The normalized spacial score (nSPS) is 11.9. The third kappa shape index (κ3) is 5.83. The molecule has 1 N–H and O–H groups in total. The molecular formula is C15H21N3O2. The number of carbonyl (C=O) groups is 1. The Balaban J connectivity index is 2.30. The highest BCUT2D eigenvalue weighted by Gasteiger charge is 2.18. The molecule has 0 saturated heterocycles. The molecule has 1 amide bonds. The lowest BCUT2D eigenvalue weighted by molar-refractivity contribution is -0.121. The van der Waals surface area contributed by atoms with Crippen LogP contribution in [0.4, 0.5) is 0 Å². The fourth-order valence-corrected chi connectivity index (χ4v) is 1.63. The smallest absolute Gasteiger partial charge is 0.241 e. The van der Waals surface area contributed by atoms with Gasteiger partial charge in [-0.3, -0.25) is 4.79 Å². The van der Waals surface area contributed by atoms with Gasteiger partial charge in [-0.2, -0.15) is 5.26 Å². The maximum atomic E-state index is 11.9. The third-order valence-electron chi connectivity index (χ3n) is 2.75. The monoisotopic (exact) mass is 275 g/mol. The third-order valence-corrected chi connectivity index (χ3v) is 2.75. The van der Waals surface area contributed by atoms with Crippen molar-refractivity contribution in [2.45, 2.75) is 5.92 Å². The number of nitriles is 1. The summed E-state index contributed by atoms with van der Waals surface area (Å²) in [7, 11) is 3.95. The number of nitrogens with one attached hydrogen (secondary N) is 1. The number of benzene rings is 1. The molecule has 0 saturated carbocycles. The Morgan fingerprint density at radius 3 is 2.65 bits per heavy atom. The van der Waals surface area contributed by atoms with E-state index in [9.17, 15) is 4.79 Å². The SMILES string of the molecule is CN(C)CCOCCNC(=O)C(C#N)c1ccccc1. The lowest BCUT2D eigenvalue weighted by atomic mass is 10.00. The quantitative estimate of drug-likeness (QED) is 0.719. The van der Waals surface area contributed by atoms with Crippen LogP contribution >= 0.6 is 0 Å². The van der Waals surface area contributed by atoms with E-state index < -0.39 is 5.92 Å². The maximum absolute atomic E-state index is 11.9. The second-order valence-corrected chi connectivity index (χ2v) is 4.68. The summed E-state index contributed by atoms with van der Waals surface area (Å²) in [6.45, 7) is 2.34. The van der Waals surface area contributed by atoms with Crippen molar-refractivity contribution in [1.29, 1.82) is 5.26 Å². The van der Waals surface area contributed by atoms with E-state index in [0.29, 0.717) is 25.3 Å². The zero-order chi connectivity index (χ0) is 14.8. The van der Waals surface area contributed by atoms with Gasteiger partial charge in [0.25, 0.3) is 0 Å². The zero-order valence-electron chi connectivity index (χ0n) is 12.0. The summed E-state index contributed by atoms with van der Waals surface area (Å²) < 4.78 is 5.37. The second kappa shape index (κ2) is 9.08. The first-order chi connectivity index (χ1) is 9.65. The highest BCUT2D eigenvalue weighted by atomic mass is 16.5. The van der Waals surface area contributed by atoms with E-state index in [1.54, 1.807) is 12.1 Å². The van der Waals surface area contributed by atoms with Gasteiger partial charge in [-0.05, 0) is 19.7 Å². The Morgan fingerprint density at radius 2 is 2.05 bits per heavy atom. The largest absolute Gasteiger partial charge is 0.378 e. The van der Waals surface area contributed by atoms with E-state index in [1.165, 1.54) is 0 Å². The molecule has 5 heteroatoms. The van der Waals surface area contributed by atoms with Crippen molar-refractivity contribution in [3.63, 3.8) is 0 Å². The average Bonchev–Trinajstić information content (AvgIpc) is 2.44. The van der Waals surface area contributed by atoms with Gasteiger partial charge in [0.05, 0.1) is 19.3 Å². The van der Waals surface area contributed by atoms with Crippen molar-refractivity contribution in [1.82, 2.24) is 10.2 Å². The second-order valence-electron chi connectivity index (χ2n) is 4.68. The van der Waals surface area contributed by atoms with Crippen LogP contribution < -0.4 is 5.32 Å². The molecule has 1 atom stereocenters. The molecule has 1 rings (SSSR count). The minimum Gasteiger partial charge on any atom is -0.378 e. The lowest BCUT2D eigenvalue weighted by Gasteiger charge is -2.12. The number of hydrogen-bond donors (Lipinski definition) is 1. The summed E-state index contributed by atoms with van der Waals surface area (Å²) in [4.78, 5) is 13.9. The van der Waals surface area contributed by atoms with Crippen LogP contribution in [0.1, 0.15) is 11.5 Å². The molecule has 0 spiro atoms. The van der Waals surface area contributed by atoms with Crippen molar-refractivity contribution >= 4 is 5.91 Å². The molecule has 1 unspecified atom stereocenters. The Labute approximate surface area is 120 Å². The molecule has 0 aliphatic carbocycles. The van der Waals surface area contributed by atoms with Crippen LogP contribution in [0.15, 0.2) is 30.3 Å². The predicted molar refractivity (Wildman–Crippen MR) is 77.2 cm³/mol. The van der Waals surface area contributed by atoms with Crippen LogP contribution in [0, 0.1) is 11.3 Å². The highest BCUT2D eigenvalue weighted by molar-refractivity contribution is 5.86. The van der Waals surface area contributed by atoms with Gasteiger partial charge in [0.1, 0.15) is 5.92 Å². The predicted octanol–water partition coefficient (Wildman–Crippen LogP) is 0.988. The Morgan fingerprint density at radius 1 is 1.35 bits per heavy atom. The van der Waals surface area contributed by atoms with Crippen LogP contribution in [-0.4, -0.2) is 51.2 Å². The van der Waals surface area contributed by atoms with Gasteiger partial charge in [-0.25, -0.2) is 0 Å². The topological polar surface area (TPSA) is 65.4 Å². The number of rotatable bonds is 8. The molecule has 20 heavy (non-hydrogen) atoms. The van der Waals surface area contributed by atoms with E-state index >= 15 is 0 Å². The molecule has 0 bridgehead atoms. The summed E-state index contributed by atoms with van der Waals surface area (Å²) in [5.41, 5.74) is 0.709. The van der Waals surface area contributed by atoms with Crippen molar-refractivity contribution in [3.05, 3.63) is 35.9 Å². The first-order valence-corrected chi connectivity index (χ1v) is 6.60. The van der Waals surface area contributed by atoms with Crippen LogP contribution in [0.2, 0.25) is 0 Å². The number of nitrogens with zero attached hydrogens (tertiary/aromatic N) is 2. The number of hydrogen-bond acceptors (Lipinski definition) is 4. The fraction of sp³-hybridized carbons (Fsp3) is 0.467. The molecule has 0 aromatic heterocycles. The molecule has 0 aliphatic heterocycles. The molecule has 0 radical (unpaired) electrons. The Kier molecular flexibility index (Phi) is 7.33. The van der Waals surface area contributed by atoms with Gasteiger partial charge in [-0.1, -0.05) is 30.3 Å². The lowest BCUT2D eigenvalue weighted by Crippen LogP contribution is -2.32. The van der Waals surface area contributed by atoms with Crippen molar-refractivity contribution in [2.24, 2.45) is 0 Å². The van der Waals surface area contributed by atoms with Gasteiger partial charge in [0.2, 0.25) is 5.91 Å². The molecule has 108 valence electrons. The van der Waals surface area contributed by atoms with Gasteiger partial charge in [-0.15, -0.1) is 0 Å². The van der Waals surface area contributed by atoms with Gasteiger partial charge in [0, 0.05) is 13.1 Å². The Bertz CT molecular complexity index is 440. The molecular weight excluding hydrogens is 254 g/mol. The molecule has 5 nitrogen and oxygen atoms in total. The average molecular weight is 275 g/mol. The minimum atomic E-state index is -0.766. The van der Waals surface area contributed by atoms with E-state index in [1.807, 2.05) is 43.3 Å². The molecule has 1 aromatic carbocycles. The Hall–Kier alpha value is -1.90. The van der Waals surface area contributed by atoms with E-state index in [4.69, 9.17) is 10.00 Å². The van der Waals surface area contributed by atoms with Crippen LogP contribution in [-0.2, 0) is 9.53 Å². The number of likely N-dealkylation sites (N-methyl/N-ethyl adjacent to an activating group) is 1. The van der Waals surface area contributed by atoms with Gasteiger partial charge >= 0.3 is 0 Å². The summed E-state index contributed by atoms with van der Waals surface area (Å²) in [6.07, 6.45) is 0. The van der Waals surface area contributed by atoms with Crippen LogP contribution in [0.25, 0.3) is 0 Å². The standard InChI is InChI=1S/C15H21N3O2/c1-18(2)9-11-20-10-8-17-15(19)14(12-16)13-6-4-3-5-7-13/h3-7,14H,8-11H2,1-2H3,(H,17,19). The summed E-state index contributed by atoms with van der Waals surface area (Å²) in [5, 5.41) is 11.8. The van der Waals surface area contributed by atoms with Crippen molar-refractivity contribution in [2.75, 3.05) is 40.4 Å². The van der Waals surface area contributed by atoms with E-state index in [0.717, 1.165) is 6.54 Å². The summed E-state index contributed by atoms with van der Waals surface area (Å²) in [5.74, 6) is -1.05. The summed E-state index contributed by atoms with van der Waals surface area (Å²) in [6, 6.07) is 11.1. The fourth-order valence-electron chi connectivity index (χ4n) is 1.63. The van der Waals surface area contributed by atoms with Gasteiger partial charge < -0.3 is 15.0 Å². The van der Waals surface area contributed by atoms with E-state index in [-0.39, 0.29) is 5.91 Å². The first-order valence-electron chi connectivity index (χ1n) is 6.60. The number of carbonyl (C=O) groups excluding carboxylic acids is 1. The van der Waals surface area contributed by atoms with Crippen molar-refractivity contribution < 1.29 is 9.53 Å². The number of amides is 1. The first kappa shape index (κ1) is 16.2. The van der Waals surface area contributed by atoms with Crippen LogP contribution in [0.3, 0.4) is 0 Å². The molecule has 0 heterocycles.